The summed E-state index contributed by atoms with van der Waals surface area (Å²) in [5.74, 6) is 1.20. The summed E-state index contributed by atoms with van der Waals surface area (Å²) < 4.78 is 34.8. The van der Waals surface area contributed by atoms with E-state index in [1.165, 1.54) is 4.78 Å². The summed E-state index contributed by atoms with van der Waals surface area (Å²) in [6.07, 6.45) is 1.65. The minimum absolute atomic E-state index is 0.00515. The van der Waals surface area contributed by atoms with Crippen molar-refractivity contribution in [2.24, 2.45) is 5.10 Å². The molecule has 0 spiro atoms. The average molecular weight is 522 g/mol. The maximum absolute atomic E-state index is 11.3. The van der Waals surface area contributed by atoms with Crippen LogP contribution in [0.5, 0.6) is 11.5 Å². The van der Waals surface area contributed by atoms with Gasteiger partial charge in [-0.3, -0.25) is 4.52 Å². The van der Waals surface area contributed by atoms with Crippen molar-refractivity contribution in [3.05, 3.63) is 59.7 Å². The second-order valence-electron chi connectivity index (χ2n) is 6.35. The van der Waals surface area contributed by atoms with Gasteiger partial charge in [0.15, 0.2) is 5.75 Å². The van der Waals surface area contributed by atoms with Crippen molar-refractivity contribution in [3.8, 4) is 11.5 Å². The van der Waals surface area contributed by atoms with Gasteiger partial charge in [-0.15, -0.1) is 9.54 Å². The predicted molar refractivity (Wildman–Crippen MR) is 124 cm³/mol. The van der Waals surface area contributed by atoms with Gasteiger partial charge in [-0.05, 0) is 53.9 Å². The zero-order chi connectivity index (χ0) is 23.9. The van der Waals surface area contributed by atoms with Crippen molar-refractivity contribution in [1.82, 2.24) is 9.22 Å². The number of methoxy groups -OCH3 is 1. The molecule has 2 rings (SSSR count). The molecule has 2 aromatic carbocycles. The summed E-state index contributed by atoms with van der Waals surface area (Å²) in [6, 6.07) is 13.8. The van der Waals surface area contributed by atoms with E-state index in [-0.39, 0.29) is 10.9 Å². The van der Waals surface area contributed by atoms with Crippen molar-refractivity contribution >= 4 is 40.6 Å². The molecule has 4 N–H and O–H groups in total. The molecule has 0 radical (unpaired) electrons. The molecule has 32 heavy (non-hydrogen) atoms. The summed E-state index contributed by atoms with van der Waals surface area (Å²) in [5, 5.41) is 4.27. The normalized spacial score (nSPS) is 12.8. The molecule has 1 atom stereocenters. The van der Waals surface area contributed by atoms with Crippen LogP contribution in [0.4, 0.5) is 0 Å². The van der Waals surface area contributed by atoms with E-state index in [0.29, 0.717) is 11.3 Å². The van der Waals surface area contributed by atoms with Crippen LogP contribution in [0.2, 0.25) is 0 Å². The molecule has 15 heteroatoms. The van der Waals surface area contributed by atoms with Gasteiger partial charge in [0.05, 0.1) is 20.4 Å². The Labute approximate surface area is 191 Å². The largest absolute Gasteiger partial charge is 0.540 e. The Balaban J connectivity index is 1.93. The Hall–Kier alpha value is -1.71. The second-order valence-corrected chi connectivity index (χ2v) is 11.9. The number of nitrogens with zero attached hydrogens (tertiary/aromatic N) is 3. The number of benzene rings is 2. The molecule has 0 bridgehead atoms. The van der Waals surface area contributed by atoms with Crippen molar-refractivity contribution in [3.63, 3.8) is 0 Å². The number of hydrogen-bond donors (Lipinski definition) is 4. The molecule has 0 aliphatic carbocycles. The summed E-state index contributed by atoms with van der Waals surface area (Å²) in [5.41, 5.74) is 1.46. The first-order valence-corrected chi connectivity index (χ1v) is 14.3. The molecule has 0 saturated heterocycles. The topological polar surface area (TPSA) is 152 Å². The molecular weight excluding hydrogens is 499 g/mol. The molecule has 0 aromatic heterocycles. The van der Waals surface area contributed by atoms with Crippen LogP contribution in [0.1, 0.15) is 11.1 Å². The van der Waals surface area contributed by atoms with E-state index in [9.17, 15) is 9.13 Å². The first-order chi connectivity index (χ1) is 14.9. The lowest BCUT2D eigenvalue weighted by atomic mass is 10.1. The van der Waals surface area contributed by atoms with E-state index in [2.05, 4.69) is 5.10 Å². The highest BCUT2D eigenvalue weighted by atomic mass is 32.4. The predicted octanol–water partition coefficient (Wildman–Crippen LogP) is 2.84. The van der Waals surface area contributed by atoms with E-state index < -0.39 is 29.1 Å². The van der Waals surface area contributed by atoms with Crippen LogP contribution in [0, 0.1) is 0 Å². The minimum Gasteiger partial charge on any atom is -0.497 e. The van der Waals surface area contributed by atoms with Crippen molar-refractivity contribution in [2.45, 2.75) is 6.42 Å². The average Bonchev–Trinajstić information content (AvgIpc) is 2.71. The SMILES string of the molecule is COc1ccc(/C=N/N(C)[P+](=S)Oc2ccc(CCN(P(=O)(O)O)P(=O)(O)O)cc2)cc1. The van der Waals surface area contributed by atoms with Crippen LogP contribution < -0.4 is 9.26 Å². The third-order valence-corrected chi connectivity index (χ3v) is 8.91. The van der Waals surface area contributed by atoms with Gasteiger partial charge in [-0.25, -0.2) is 9.13 Å². The third kappa shape index (κ3) is 8.33. The molecule has 0 saturated carbocycles. The monoisotopic (exact) mass is 522 g/mol. The zero-order valence-corrected chi connectivity index (χ0v) is 20.6. The van der Waals surface area contributed by atoms with E-state index in [1.807, 2.05) is 24.3 Å². The fraction of sp³-hybridized carbons (Fsp3) is 0.235. The Morgan fingerprint density at radius 3 is 2.03 bits per heavy atom. The Morgan fingerprint density at radius 2 is 1.53 bits per heavy atom. The minimum atomic E-state index is -5.10. The van der Waals surface area contributed by atoms with Gasteiger partial charge in [-0.1, -0.05) is 16.9 Å². The van der Waals surface area contributed by atoms with E-state index in [0.717, 1.165) is 11.3 Å². The molecule has 0 fully saturated rings. The van der Waals surface area contributed by atoms with Crippen molar-refractivity contribution in [1.29, 1.82) is 0 Å². The number of hydrogen-bond acceptors (Lipinski definition) is 6. The molecule has 1 unspecified atom stereocenters. The highest BCUT2D eigenvalue weighted by Gasteiger charge is 2.39. The molecular formula is C17H23N3O8P3S+. The molecule has 0 aliphatic rings. The quantitative estimate of drug-likeness (QED) is 0.196. The van der Waals surface area contributed by atoms with Crippen LogP contribution in [-0.4, -0.2) is 55.7 Å². The van der Waals surface area contributed by atoms with E-state index >= 15 is 0 Å². The summed E-state index contributed by atoms with van der Waals surface area (Å²) in [4.78, 5) is 36.5. The van der Waals surface area contributed by atoms with Gasteiger partial charge in [0, 0.05) is 6.54 Å². The maximum atomic E-state index is 11.3. The highest BCUT2D eigenvalue weighted by molar-refractivity contribution is 8.02. The molecule has 0 amide bonds. The van der Waals surface area contributed by atoms with Crippen molar-refractivity contribution < 1.29 is 38.0 Å². The highest BCUT2D eigenvalue weighted by Crippen LogP contribution is 2.57. The number of hydrazone groups is 1. The second kappa shape index (κ2) is 11.4. The van der Waals surface area contributed by atoms with Crippen LogP contribution in [0.3, 0.4) is 0 Å². The molecule has 174 valence electrons. The molecule has 2 aromatic rings. The van der Waals surface area contributed by atoms with Gasteiger partial charge < -0.3 is 24.3 Å². The lowest BCUT2D eigenvalue weighted by Crippen LogP contribution is -2.19. The van der Waals surface area contributed by atoms with Crippen LogP contribution in [0.15, 0.2) is 53.6 Å². The first kappa shape index (κ1) is 26.5. The summed E-state index contributed by atoms with van der Waals surface area (Å²) in [7, 11) is -8.42. The Kier molecular flexibility index (Phi) is 9.48. The van der Waals surface area contributed by atoms with Gasteiger partial charge in [0.2, 0.25) is 11.8 Å². The standard InChI is InChI=1S/C17H22N3O8P3S/c1-19(18-13-15-5-7-16(27-2)8-6-15)29(32)28-17-9-3-14(4-10-17)11-12-20(30(21,22)23)31(24,25)26/h3-10,13H,11-12H2,1-2H3,(H3-,21,22,23,24,25,26)/p+1/b18-13+. The van der Waals surface area contributed by atoms with E-state index in [4.69, 9.17) is 40.6 Å². The fourth-order valence-corrected chi connectivity index (χ4v) is 5.27. The molecule has 0 heterocycles. The van der Waals surface area contributed by atoms with Gasteiger partial charge in [0.25, 0.3) is 0 Å². The van der Waals surface area contributed by atoms with Crippen LogP contribution in [0.25, 0.3) is 0 Å². The first-order valence-electron chi connectivity index (χ1n) is 8.95. The van der Waals surface area contributed by atoms with Gasteiger partial charge >= 0.3 is 22.6 Å². The van der Waals surface area contributed by atoms with Gasteiger partial charge in [0.1, 0.15) is 5.75 Å². The number of rotatable bonds is 11. The summed E-state index contributed by atoms with van der Waals surface area (Å²) >= 11 is 5.35. The lowest BCUT2D eigenvalue weighted by Gasteiger charge is -2.23. The molecule has 0 aliphatic heterocycles. The van der Waals surface area contributed by atoms with Gasteiger partial charge in [-0.2, -0.15) is 0 Å². The molecule has 11 nitrogen and oxygen atoms in total. The Bertz CT molecular complexity index is 1020. The third-order valence-electron chi connectivity index (χ3n) is 4.03. The lowest BCUT2D eigenvalue weighted by molar-refractivity contribution is 0.270. The summed E-state index contributed by atoms with van der Waals surface area (Å²) in [6.45, 7) is -0.523. The smallest absolute Gasteiger partial charge is 0.497 e. The zero-order valence-electron chi connectivity index (χ0n) is 17.1. The van der Waals surface area contributed by atoms with Crippen molar-refractivity contribution in [2.75, 3.05) is 20.7 Å². The van der Waals surface area contributed by atoms with Crippen LogP contribution >= 0.6 is 22.6 Å². The fourth-order valence-electron chi connectivity index (χ4n) is 2.39. The maximum Gasteiger partial charge on any atom is 0.540 e. The van der Waals surface area contributed by atoms with Crippen LogP contribution in [-0.2, 0) is 27.4 Å². The number of ether oxygens (including phenoxy) is 1. The van der Waals surface area contributed by atoms with E-state index in [1.54, 1.807) is 44.6 Å². The Morgan fingerprint density at radius 1 is 1.00 bits per heavy atom.